The van der Waals surface area contributed by atoms with Crippen LogP contribution in [-0.4, -0.2) is 31.8 Å². The number of ether oxygens (including phenoxy) is 2. The van der Waals surface area contributed by atoms with Crippen molar-refractivity contribution in [3.05, 3.63) is 23.3 Å². The minimum absolute atomic E-state index is 0.0703. The molecule has 0 aromatic heterocycles. The average Bonchev–Trinajstić information content (AvgIpc) is 2.43. The lowest BCUT2D eigenvalue weighted by Crippen LogP contribution is -2.35. The zero-order valence-electron chi connectivity index (χ0n) is 17.4. The lowest BCUT2D eigenvalue weighted by atomic mass is 10.1. The molecule has 0 aliphatic heterocycles. The van der Waals surface area contributed by atoms with Gasteiger partial charge in [0.05, 0.1) is 14.2 Å². The standard InChI is InChI=1S/C14H23NO2.C6H15N/c1-10-7-12(16-5)11(13(8-10)17-6)9-15-14(2,3)4;1-5-7-6(2,3)4/h7-8,15H,9H2,1-6H3;7H,5H2,1-4H3. The van der Waals surface area contributed by atoms with Crippen molar-refractivity contribution in [3.63, 3.8) is 0 Å². The van der Waals surface area contributed by atoms with Crippen LogP contribution in [0.25, 0.3) is 0 Å². The third-order valence-corrected chi connectivity index (χ3v) is 3.25. The first-order valence-electron chi connectivity index (χ1n) is 8.65. The molecule has 0 saturated carbocycles. The number of nitrogens with one attached hydrogen (secondary N) is 2. The Hall–Kier alpha value is -1.26. The van der Waals surface area contributed by atoms with Gasteiger partial charge in [-0.1, -0.05) is 6.92 Å². The molecule has 24 heavy (non-hydrogen) atoms. The summed E-state index contributed by atoms with van der Waals surface area (Å²) >= 11 is 0. The zero-order valence-corrected chi connectivity index (χ0v) is 17.4. The molecular formula is C20H38N2O2. The number of aryl methyl sites for hydroxylation is 1. The second kappa shape index (κ2) is 9.90. The average molecular weight is 339 g/mol. The van der Waals surface area contributed by atoms with Gasteiger partial charge in [0.2, 0.25) is 0 Å². The van der Waals surface area contributed by atoms with E-state index in [0.29, 0.717) is 5.54 Å². The molecular weight excluding hydrogens is 300 g/mol. The predicted octanol–water partition coefficient (Wildman–Crippen LogP) is 4.29. The van der Waals surface area contributed by atoms with Gasteiger partial charge >= 0.3 is 0 Å². The molecule has 1 aromatic rings. The van der Waals surface area contributed by atoms with Gasteiger partial charge in [0.25, 0.3) is 0 Å². The zero-order chi connectivity index (χ0) is 19.0. The van der Waals surface area contributed by atoms with Crippen LogP contribution in [0, 0.1) is 6.92 Å². The van der Waals surface area contributed by atoms with Crippen molar-refractivity contribution in [1.82, 2.24) is 10.6 Å². The quantitative estimate of drug-likeness (QED) is 0.840. The maximum Gasteiger partial charge on any atom is 0.127 e. The Bertz CT molecular complexity index is 460. The first kappa shape index (κ1) is 22.7. The summed E-state index contributed by atoms with van der Waals surface area (Å²) in [6, 6.07) is 4.06. The fourth-order valence-corrected chi connectivity index (χ4v) is 2.17. The van der Waals surface area contributed by atoms with E-state index < -0.39 is 0 Å². The highest BCUT2D eigenvalue weighted by Gasteiger charge is 2.15. The van der Waals surface area contributed by atoms with E-state index in [1.807, 2.05) is 19.1 Å². The maximum absolute atomic E-state index is 5.41. The van der Waals surface area contributed by atoms with Crippen molar-refractivity contribution < 1.29 is 9.47 Å². The van der Waals surface area contributed by atoms with E-state index in [4.69, 9.17) is 9.47 Å². The Kier molecular flexibility index (Phi) is 9.38. The van der Waals surface area contributed by atoms with Gasteiger partial charge in [-0.15, -0.1) is 0 Å². The van der Waals surface area contributed by atoms with E-state index in [1.54, 1.807) is 14.2 Å². The Morgan fingerprint density at radius 3 is 1.50 bits per heavy atom. The van der Waals surface area contributed by atoms with Gasteiger partial charge in [-0.25, -0.2) is 0 Å². The van der Waals surface area contributed by atoms with Gasteiger partial charge in [0, 0.05) is 23.2 Å². The lowest BCUT2D eigenvalue weighted by molar-refractivity contribution is 0.368. The molecule has 0 saturated heterocycles. The van der Waals surface area contributed by atoms with Crippen molar-refractivity contribution in [3.8, 4) is 11.5 Å². The van der Waals surface area contributed by atoms with E-state index in [9.17, 15) is 0 Å². The molecule has 0 spiro atoms. The Morgan fingerprint density at radius 1 is 0.833 bits per heavy atom. The van der Waals surface area contributed by atoms with Crippen LogP contribution in [0.2, 0.25) is 0 Å². The van der Waals surface area contributed by atoms with Gasteiger partial charge in [0.1, 0.15) is 11.5 Å². The van der Waals surface area contributed by atoms with Crippen LogP contribution in [0.5, 0.6) is 11.5 Å². The second-order valence-electron chi connectivity index (χ2n) is 8.03. The highest BCUT2D eigenvalue weighted by molar-refractivity contribution is 5.47. The second-order valence-corrected chi connectivity index (χ2v) is 8.03. The highest BCUT2D eigenvalue weighted by Crippen LogP contribution is 2.30. The van der Waals surface area contributed by atoms with Crippen LogP contribution in [0.1, 0.15) is 59.6 Å². The Balaban J connectivity index is 0.000000640. The number of hydrogen-bond acceptors (Lipinski definition) is 4. The van der Waals surface area contributed by atoms with E-state index in [0.717, 1.165) is 35.7 Å². The predicted molar refractivity (Wildman–Crippen MR) is 104 cm³/mol. The normalized spacial score (nSPS) is 11.6. The monoisotopic (exact) mass is 338 g/mol. The van der Waals surface area contributed by atoms with Crippen LogP contribution in [0.4, 0.5) is 0 Å². The summed E-state index contributed by atoms with van der Waals surface area (Å²) in [6.45, 7) is 18.8. The lowest BCUT2D eigenvalue weighted by Gasteiger charge is -2.22. The molecule has 1 aromatic carbocycles. The summed E-state index contributed by atoms with van der Waals surface area (Å²) in [5.41, 5.74) is 2.57. The van der Waals surface area contributed by atoms with Crippen LogP contribution in [0.3, 0.4) is 0 Å². The smallest absolute Gasteiger partial charge is 0.127 e. The SMILES string of the molecule is CCNC(C)(C)C.COc1cc(C)cc(OC)c1CNC(C)(C)C. The van der Waals surface area contributed by atoms with E-state index >= 15 is 0 Å². The van der Waals surface area contributed by atoms with Crippen molar-refractivity contribution >= 4 is 0 Å². The van der Waals surface area contributed by atoms with Crippen molar-refractivity contribution in [1.29, 1.82) is 0 Å². The van der Waals surface area contributed by atoms with Crippen LogP contribution < -0.4 is 20.1 Å². The van der Waals surface area contributed by atoms with Gasteiger partial charge in [-0.3, -0.25) is 0 Å². The van der Waals surface area contributed by atoms with Crippen LogP contribution in [-0.2, 0) is 6.54 Å². The molecule has 4 heteroatoms. The third kappa shape index (κ3) is 9.78. The molecule has 0 heterocycles. The number of hydrogen-bond donors (Lipinski definition) is 2. The summed E-state index contributed by atoms with van der Waals surface area (Å²) in [5.74, 6) is 1.75. The molecule has 0 bridgehead atoms. The molecule has 0 atom stereocenters. The molecule has 2 N–H and O–H groups in total. The summed E-state index contributed by atoms with van der Waals surface area (Å²) < 4.78 is 10.8. The summed E-state index contributed by atoms with van der Waals surface area (Å²) in [7, 11) is 3.38. The van der Waals surface area contributed by atoms with Gasteiger partial charge in [-0.2, -0.15) is 0 Å². The summed E-state index contributed by atoms with van der Waals surface area (Å²) in [4.78, 5) is 0. The van der Waals surface area contributed by atoms with E-state index in [-0.39, 0.29) is 5.54 Å². The largest absolute Gasteiger partial charge is 0.496 e. The minimum atomic E-state index is 0.0703. The molecule has 0 fully saturated rings. The third-order valence-electron chi connectivity index (χ3n) is 3.25. The fraction of sp³-hybridized carbons (Fsp3) is 0.700. The summed E-state index contributed by atoms with van der Waals surface area (Å²) in [6.07, 6.45) is 0. The molecule has 4 nitrogen and oxygen atoms in total. The van der Waals surface area contributed by atoms with E-state index in [2.05, 4.69) is 59.1 Å². The molecule has 1 rings (SSSR count). The van der Waals surface area contributed by atoms with Crippen LogP contribution >= 0.6 is 0 Å². The molecule has 0 radical (unpaired) electrons. The van der Waals surface area contributed by atoms with Gasteiger partial charge < -0.3 is 20.1 Å². The number of benzene rings is 1. The minimum Gasteiger partial charge on any atom is -0.496 e. The van der Waals surface area contributed by atoms with Gasteiger partial charge in [0.15, 0.2) is 0 Å². The first-order chi connectivity index (χ1) is 10.9. The first-order valence-corrected chi connectivity index (χ1v) is 8.65. The van der Waals surface area contributed by atoms with Crippen molar-refractivity contribution in [2.75, 3.05) is 20.8 Å². The van der Waals surface area contributed by atoms with Gasteiger partial charge in [-0.05, 0) is 72.7 Å². The molecule has 140 valence electrons. The number of rotatable bonds is 5. The maximum atomic E-state index is 5.41. The Morgan fingerprint density at radius 2 is 1.25 bits per heavy atom. The molecule has 0 aliphatic carbocycles. The molecule has 0 unspecified atom stereocenters. The molecule has 0 amide bonds. The highest BCUT2D eigenvalue weighted by atomic mass is 16.5. The fourth-order valence-electron chi connectivity index (χ4n) is 2.17. The van der Waals surface area contributed by atoms with E-state index in [1.165, 1.54) is 0 Å². The number of methoxy groups -OCH3 is 2. The van der Waals surface area contributed by atoms with Crippen molar-refractivity contribution in [2.45, 2.75) is 73.0 Å². The molecule has 0 aliphatic rings. The Labute approximate surface area is 149 Å². The van der Waals surface area contributed by atoms with Crippen LogP contribution in [0.15, 0.2) is 12.1 Å². The van der Waals surface area contributed by atoms with Crippen molar-refractivity contribution in [2.24, 2.45) is 0 Å². The summed E-state index contributed by atoms with van der Waals surface area (Å²) in [5, 5.41) is 6.73. The topological polar surface area (TPSA) is 42.5 Å².